The molecule has 1 fully saturated rings. The van der Waals surface area contributed by atoms with Gasteiger partial charge in [0.25, 0.3) is 0 Å². The van der Waals surface area contributed by atoms with Crippen molar-refractivity contribution in [2.75, 3.05) is 19.6 Å². The van der Waals surface area contributed by atoms with Gasteiger partial charge in [-0.25, -0.2) is 8.78 Å². The molecule has 1 aromatic rings. The van der Waals surface area contributed by atoms with E-state index in [9.17, 15) is 8.78 Å². The lowest BCUT2D eigenvalue weighted by Crippen LogP contribution is -2.47. The maximum absolute atomic E-state index is 13.8. The number of halogens is 2. The number of rotatable bonds is 4. The lowest BCUT2D eigenvalue weighted by atomic mass is 9.83. The second-order valence-electron chi connectivity index (χ2n) is 5.93. The molecule has 1 heterocycles. The van der Waals surface area contributed by atoms with E-state index >= 15 is 0 Å². The third kappa shape index (κ3) is 3.74. The molecule has 2 N–H and O–H groups in total. The van der Waals surface area contributed by atoms with Gasteiger partial charge < -0.3 is 10.6 Å². The van der Waals surface area contributed by atoms with Crippen LogP contribution in [0.1, 0.15) is 32.3 Å². The third-order valence-electron chi connectivity index (χ3n) is 3.79. The molecule has 0 spiro atoms. The smallest absolute Gasteiger partial charge is 0.129 e. The second-order valence-corrected chi connectivity index (χ2v) is 5.93. The molecule has 0 amide bonds. The van der Waals surface area contributed by atoms with Crippen molar-refractivity contribution in [2.24, 2.45) is 0 Å². The topological polar surface area (TPSA) is 24.1 Å². The summed E-state index contributed by atoms with van der Waals surface area (Å²) in [5.74, 6) is -0.991. The van der Waals surface area contributed by atoms with Gasteiger partial charge in [-0.2, -0.15) is 0 Å². The molecular weight excluding hydrogens is 246 g/mol. The summed E-state index contributed by atoms with van der Waals surface area (Å²) in [6.07, 6.45) is 2.32. The standard InChI is InChI=1S/C15H22F2N2/c1-15(2,10-19-12-4-3-7-18-9-12)13-6-5-11(16)8-14(13)17/h5-6,8,12,18-19H,3-4,7,9-10H2,1-2H3. The van der Waals surface area contributed by atoms with Crippen LogP contribution in [-0.4, -0.2) is 25.7 Å². The van der Waals surface area contributed by atoms with E-state index in [1.807, 2.05) is 13.8 Å². The Kier molecular flexibility index (Phi) is 4.53. The van der Waals surface area contributed by atoms with Crippen molar-refractivity contribution in [2.45, 2.75) is 38.1 Å². The molecule has 2 rings (SSSR count). The van der Waals surface area contributed by atoms with Crippen LogP contribution in [0.3, 0.4) is 0 Å². The zero-order chi connectivity index (χ0) is 13.9. The van der Waals surface area contributed by atoms with Crippen molar-refractivity contribution < 1.29 is 8.78 Å². The largest absolute Gasteiger partial charge is 0.315 e. The molecule has 0 aromatic heterocycles. The lowest BCUT2D eigenvalue weighted by Gasteiger charge is -2.31. The van der Waals surface area contributed by atoms with E-state index in [-0.39, 0.29) is 5.41 Å². The molecule has 2 nitrogen and oxygen atoms in total. The van der Waals surface area contributed by atoms with Crippen molar-refractivity contribution in [3.05, 3.63) is 35.4 Å². The van der Waals surface area contributed by atoms with Crippen molar-refractivity contribution in [3.63, 3.8) is 0 Å². The van der Waals surface area contributed by atoms with Gasteiger partial charge in [0, 0.05) is 30.6 Å². The highest BCUT2D eigenvalue weighted by Gasteiger charge is 2.25. The zero-order valence-electron chi connectivity index (χ0n) is 11.6. The minimum absolute atomic E-state index is 0.352. The van der Waals surface area contributed by atoms with E-state index < -0.39 is 11.6 Å². The molecule has 0 bridgehead atoms. The van der Waals surface area contributed by atoms with Crippen molar-refractivity contribution >= 4 is 0 Å². The van der Waals surface area contributed by atoms with Crippen LogP contribution in [0.15, 0.2) is 18.2 Å². The van der Waals surface area contributed by atoms with E-state index in [0.717, 1.165) is 25.6 Å². The number of hydrogen-bond donors (Lipinski definition) is 2. The predicted molar refractivity (Wildman–Crippen MR) is 73.3 cm³/mol. The number of nitrogens with one attached hydrogen (secondary N) is 2. The molecule has 0 saturated carbocycles. The summed E-state index contributed by atoms with van der Waals surface area (Å²) in [5.41, 5.74) is 0.208. The Labute approximate surface area is 113 Å². The molecule has 0 radical (unpaired) electrons. The van der Waals surface area contributed by atoms with Gasteiger partial charge in [0.1, 0.15) is 11.6 Å². The first kappa shape index (κ1) is 14.4. The Morgan fingerprint density at radius 3 is 2.79 bits per heavy atom. The number of piperidine rings is 1. The fourth-order valence-electron chi connectivity index (χ4n) is 2.56. The Hall–Kier alpha value is -1.00. The molecule has 1 aliphatic heterocycles. The summed E-state index contributed by atoms with van der Waals surface area (Å²) in [6, 6.07) is 4.27. The minimum Gasteiger partial charge on any atom is -0.315 e. The number of hydrogen-bond acceptors (Lipinski definition) is 2. The quantitative estimate of drug-likeness (QED) is 0.877. The molecular formula is C15H22F2N2. The average Bonchev–Trinajstić information content (AvgIpc) is 2.37. The van der Waals surface area contributed by atoms with Gasteiger partial charge >= 0.3 is 0 Å². The highest BCUT2D eigenvalue weighted by atomic mass is 19.1. The minimum atomic E-state index is -0.526. The maximum Gasteiger partial charge on any atom is 0.129 e. The molecule has 19 heavy (non-hydrogen) atoms. The Bertz CT molecular complexity index is 426. The van der Waals surface area contributed by atoms with Gasteiger partial charge in [-0.1, -0.05) is 19.9 Å². The fourth-order valence-corrected chi connectivity index (χ4v) is 2.56. The molecule has 1 atom stereocenters. The maximum atomic E-state index is 13.8. The van der Waals surface area contributed by atoms with Crippen LogP contribution in [0.5, 0.6) is 0 Å². The number of benzene rings is 1. The highest BCUT2D eigenvalue weighted by Crippen LogP contribution is 2.26. The molecule has 1 aromatic carbocycles. The average molecular weight is 268 g/mol. The SMILES string of the molecule is CC(C)(CNC1CCCNC1)c1ccc(F)cc1F. The van der Waals surface area contributed by atoms with Gasteiger partial charge in [-0.05, 0) is 31.0 Å². The van der Waals surface area contributed by atoms with E-state index in [0.29, 0.717) is 18.2 Å². The summed E-state index contributed by atoms with van der Waals surface area (Å²) in [5, 5.41) is 6.82. The van der Waals surface area contributed by atoms with Crippen molar-refractivity contribution in [1.82, 2.24) is 10.6 Å². The van der Waals surface area contributed by atoms with Gasteiger partial charge in [-0.3, -0.25) is 0 Å². The predicted octanol–water partition coefficient (Wildman–Crippen LogP) is 2.58. The Morgan fingerprint density at radius 2 is 2.16 bits per heavy atom. The van der Waals surface area contributed by atoms with E-state index in [1.165, 1.54) is 12.5 Å². The Morgan fingerprint density at radius 1 is 1.37 bits per heavy atom. The summed E-state index contributed by atoms with van der Waals surface area (Å²) in [4.78, 5) is 0. The van der Waals surface area contributed by atoms with Gasteiger partial charge in [0.05, 0.1) is 0 Å². The molecule has 106 valence electrons. The third-order valence-corrected chi connectivity index (χ3v) is 3.79. The normalized spacial score (nSPS) is 20.5. The summed E-state index contributed by atoms with van der Waals surface area (Å²) < 4.78 is 26.8. The van der Waals surface area contributed by atoms with Gasteiger partial charge in [-0.15, -0.1) is 0 Å². The zero-order valence-corrected chi connectivity index (χ0v) is 11.6. The van der Waals surface area contributed by atoms with Crippen LogP contribution in [0.25, 0.3) is 0 Å². The summed E-state index contributed by atoms with van der Waals surface area (Å²) >= 11 is 0. The Balaban J connectivity index is 2.00. The van der Waals surface area contributed by atoms with Crippen molar-refractivity contribution in [1.29, 1.82) is 0 Å². The van der Waals surface area contributed by atoms with E-state index in [2.05, 4.69) is 10.6 Å². The molecule has 0 aliphatic carbocycles. The van der Waals surface area contributed by atoms with Gasteiger partial charge in [0.2, 0.25) is 0 Å². The van der Waals surface area contributed by atoms with Crippen LogP contribution in [0, 0.1) is 11.6 Å². The molecule has 1 saturated heterocycles. The summed E-state index contributed by atoms with van der Waals surface area (Å²) in [7, 11) is 0. The van der Waals surface area contributed by atoms with Crippen molar-refractivity contribution in [3.8, 4) is 0 Å². The van der Waals surface area contributed by atoms with Crippen LogP contribution < -0.4 is 10.6 Å². The molecule has 4 heteroatoms. The van der Waals surface area contributed by atoms with E-state index in [4.69, 9.17) is 0 Å². The molecule has 1 aliphatic rings. The van der Waals surface area contributed by atoms with Crippen LogP contribution in [0.2, 0.25) is 0 Å². The highest BCUT2D eigenvalue weighted by molar-refractivity contribution is 5.26. The first-order valence-corrected chi connectivity index (χ1v) is 6.89. The first-order chi connectivity index (χ1) is 8.99. The summed E-state index contributed by atoms with van der Waals surface area (Å²) in [6.45, 7) is 6.68. The lowest BCUT2D eigenvalue weighted by molar-refractivity contribution is 0.349. The van der Waals surface area contributed by atoms with E-state index in [1.54, 1.807) is 6.07 Å². The van der Waals surface area contributed by atoms with Crippen LogP contribution in [-0.2, 0) is 5.41 Å². The first-order valence-electron chi connectivity index (χ1n) is 6.89. The molecule has 1 unspecified atom stereocenters. The van der Waals surface area contributed by atoms with Crippen LogP contribution in [0.4, 0.5) is 8.78 Å². The second kappa shape index (κ2) is 5.97. The van der Waals surface area contributed by atoms with Crippen LogP contribution >= 0.6 is 0 Å². The van der Waals surface area contributed by atoms with Gasteiger partial charge in [0.15, 0.2) is 0 Å². The monoisotopic (exact) mass is 268 g/mol. The fraction of sp³-hybridized carbons (Fsp3) is 0.600.